The van der Waals surface area contributed by atoms with E-state index in [1.54, 1.807) is 6.92 Å². The van der Waals surface area contributed by atoms with Crippen LogP contribution in [0.5, 0.6) is 0 Å². The molecule has 0 spiro atoms. The topological polar surface area (TPSA) is 36.0 Å². The van der Waals surface area contributed by atoms with E-state index in [0.717, 1.165) is 22.2 Å². The second kappa shape index (κ2) is 2.89. The third kappa shape index (κ3) is 1.23. The lowest BCUT2D eigenvalue weighted by atomic mass is 10.1. The number of aryl methyl sites for hydroxylation is 1. The van der Waals surface area contributed by atoms with Crippen molar-refractivity contribution in [1.29, 1.82) is 0 Å². The zero-order valence-corrected chi connectivity index (χ0v) is 7.83. The van der Waals surface area contributed by atoms with E-state index in [2.05, 4.69) is 4.98 Å². The highest BCUT2D eigenvalue weighted by atomic mass is 16.3. The largest absolute Gasteiger partial charge is 0.389 e. The summed E-state index contributed by atoms with van der Waals surface area (Å²) in [6.07, 6.45) is -0.406. The molecule has 0 saturated carbocycles. The van der Waals surface area contributed by atoms with Crippen LogP contribution in [0.1, 0.15) is 24.3 Å². The zero-order valence-electron chi connectivity index (χ0n) is 7.83. The Kier molecular flexibility index (Phi) is 1.85. The molecule has 2 rings (SSSR count). The van der Waals surface area contributed by atoms with Gasteiger partial charge in [-0.3, -0.25) is 0 Å². The Hall–Kier alpha value is -1.28. The van der Waals surface area contributed by atoms with E-state index in [9.17, 15) is 5.11 Å². The van der Waals surface area contributed by atoms with Crippen molar-refractivity contribution in [3.05, 3.63) is 35.5 Å². The second-order valence-electron chi connectivity index (χ2n) is 3.39. The van der Waals surface area contributed by atoms with Gasteiger partial charge >= 0.3 is 0 Å². The van der Waals surface area contributed by atoms with Gasteiger partial charge in [0.2, 0.25) is 0 Å². The Bertz CT molecular complexity index is 429. The van der Waals surface area contributed by atoms with Crippen LogP contribution < -0.4 is 0 Å². The van der Waals surface area contributed by atoms with Crippen LogP contribution in [0.3, 0.4) is 0 Å². The number of nitrogens with one attached hydrogen (secondary N) is 1. The molecule has 0 bridgehead atoms. The van der Waals surface area contributed by atoms with E-state index in [1.807, 2.05) is 31.2 Å². The maximum atomic E-state index is 9.57. The molecule has 0 saturated heterocycles. The number of para-hydroxylation sites is 1. The van der Waals surface area contributed by atoms with E-state index >= 15 is 0 Å². The van der Waals surface area contributed by atoms with E-state index in [0.29, 0.717) is 0 Å². The van der Waals surface area contributed by atoms with Gasteiger partial charge in [-0.05, 0) is 19.9 Å². The van der Waals surface area contributed by atoms with Crippen molar-refractivity contribution in [2.45, 2.75) is 20.0 Å². The van der Waals surface area contributed by atoms with E-state index in [-0.39, 0.29) is 0 Å². The summed E-state index contributed by atoms with van der Waals surface area (Å²) in [5, 5.41) is 10.7. The fraction of sp³-hybridized carbons (Fsp3) is 0.273. The number of hydrogen-bond donors (Lipinski definition) is 2. The Morgan fingerprint density at radius 3 is 2.69 bits per heavy atom. The van der Waals surface area contributed by atoms with Crippen LogP contribution >= 0.6 is 0 Å². The van der Waals surface area contributed by atoms with Crippen molar-refractivity contribution in [2.24, 2.45) is 0 Å². The molecule has 0 unspecified atom stereocenters. The lowest BCUT2D eigenvalue weighted by molar-refractivity contribution is 0.200. The van der Waals surface area contributed by atoms with Crippen molar-refractivity contribution in [1.82, 2.24) is 4.98 Å². The summed E-state index contributed by atoms with van der Waals surface area (Å²) in [4.78, 5) is 3.25. The van der Waals surface area contributed by atoms with Gasteiger partial charge < -0.3 is 10.1 Å². The minimum absolute atomic E-state index is 0.406. The number of benzene rings is 1. The van der Waals surface area contributed by atoms with Gasteiger partial charge in [0.05, 0.1) is 6.10 Å². The molecule has 2 heteroatoms. The molecule has 0 aliphatic rings. The minimum Gasteiger partial charge on any atom is -0.389 e. The molecule has 2 N–H and O–H groups in total. The molecule has 68 valence electrons. The minimum atomic E-state index is -0.406. The van der Waals surface area contributed by atoms with Gasteiger partial charge in [0.25, 0.3) is 0 Å². The third-order valence-electron chi connectivity index (χ3n) is 2.36. The van der Waals surface area contributed by atoms with Gasteiger partial charge in [0, 0.05) is 22.2 Å². The summed E-state index contributed by atoms with van der Waals surface area (Å²) in [6, 6.07) is 8.03. The van der Waals surface area contributed by atoms with Crippen LogP contribution in [0, 0.1) is 6.92 Å². The number of fused-ring (bicyclic) bond motifs is 1. The van der Waals surface area contributed by atoms with Crippen LogP contribution in [0.25, 0.3) is 10.9 Å². The normalized spacial score (nSPS) is 13.5. The molecule has 0 fully saturated rings. The molecule has 0 aliphatic heterocycles. The van der Waals surface area contributed by atoms with E-state index in [4.69, 9.17) is 0 Å². The SMILES string of the molecule is Cc1[nH]c2ccccc2c1[C@H](C)O. The number of aliphatic hydroxyl groups is 1. The molecular weight excluding hydrogens is 162 g/mol. The van der Waals surface area contributed by atoms with E-state index in [1.165, 1.54) is 0 Å². The molecule has 1 aromatic carbocycles. The van der Waals surface area contributed by atoms with Crippen molar-refractivity contribution >= 4 is 10.9 Å². The van der Waals surface area contributed by atoms with Gasteiger partial charge in [0.15, 0.2) is 0 Å². The van der Waals surface area contributed by atoms with Crippen LogP contribution in [0.4, 0.5) is 0 Å². The van der Waals surface area contributed by atoms with Gasteiger partial charge in [0.1, 0.15) is 0 Å². The molecule has 13 heavy (non-hydrogen) atoms. The predicted molar refractivity (Wildman–Crippen MR) is 53.7 cm³/mol. The number of hydrogen-bond acceptors (Lipinski definition) is 1. The average Bonchev–Trinajstić information content (AvgIpc) is 2.39. The number of aliphatic hydroxyl groups excluding tert-OH is 1. The fourth-order valence-electron chi connectivity index (χ4n) is 1.84. The van der Waals surface area contributed by atoms with Crippen LogP contribution in [0.15, 0.2) is 24.3 Å². The first-order valence-corrected chi connectivity index (χ1v) is 4.45. The summed E-state index contributed by atoms with van der Waals surface area (Å²) in [7, 11) is 0. The lowest BCUT2D eigenvalue weighted by Crippen LogP contribution is -1.91. The first kappa shape index (κ1) is 8.32. The maximum Gasteiger partial charge on any atom is 0.0785 e. The number of H-pyrrole nitrogens is 1. The van der Waals surface area contributed by atoms with Crippen molar-refractivity contribution in [3.8, 4) is 0 Å². The van der Waals surface area contributed by atoms with Crippen LogP contribution in [-0.4, -0.2) is 10.1 Å². The highest BCUT2D eigenvalue weighted by Crippen LogP contribution is 2.26. The first-order chi connectivity index (χ1) is 6.20. The molecular formula is C11H13NO. The highest BCUT2D eigenvalue weighted by molar-refractivity contribution is 5.84. The Morgan fingerprint density at radius 1 is 1.31 bits per heavy atom. The second-order valence-corrected chi connectivity index (χ2v) is 3.39. The number of aromatic nitrogens is 1. The molecule has 1 atom stereocenters. The standard InChI is InChI=1S/C11H13NO/c1-7-11(8(2)13)9-5-3-4-6-10(9)12-7/h3-6,8,12-13H,1-2H3/t8-/m0/s1. The average molecular weight is 175 g/mol. The van der Waals surface area contributed by atoms with Crippen LogP contribution in [-0.2, 0) is 0 Å². The Balaban J connectivity index is 2.78. The van der Waals surface area contributed by atoms with Crippen molar-refractivity contribution in [3.63, 3.8) is 0 Å². The summed E-state index contributed by atoms with van der Waals surface area (Å²) >= 11 is 0. The maximum absolute atomic E-state index is 9.57. The van der Waals surface area contributed by atoms with Gasteiger partial charge in [-0.2, -0.15) is 0 Å². The number of rotatable bonds is 1. The Labute approximate surface area is 77.2 Å². The molecule has 1 heterocycles. The summed E-state index contributed by atoms with van der Waals surface area (Å²) in [5.41, 5.74) is 3.16. The summed E-state index contributed by atoms with van der Waals surface area (Å²) in [6.45, 7) is 3.78. The van der Waals surface area contributed by atoms with Crippen LogP contribution in [0.2, 0.25) is 0 Å². The molecule has 2 nitrogen and oxygen atoms in total. The van der Waals surface area contributed by atoms with E-state index < -0.39 is 6.10 Å². The monoisotopic (exact) mass is 175 g/mol. The van der Waals surface area contributed by atoms with Gasteiger partial charge in [-0.1, -0.05) is 18.2 Å². The Morgan fingerprint density at radius 2 is 2.00 bits per heavy atom. The first-order valence-electron chi connectivity index (χ1n) is 4.45. The summed E-state index contributed by atoms with van der Waals surface area (Å²) in [5.74, 6) is 0. The number of aromatic amines is 1. The molecule has 1 aromatic heterocycles. The molecule has 0 aliphatic carbocycles. The molecule has 2 aromatic rings. The van der Waals surface area contributed by atoms with Gasteiger partial charge in [-0.25, -0.2) is 0 Å². The van der Waals surface area contributed by atoms with Gasteiger partial charge in [-0.15, -0.1) is 0 Å². The van der Waals surface area contributed by atoms with Crippen molar-refractivity contribution < 1.29 is 5.11 Å². The zero-order chi connectivity index (χ0) is 9.42. The quantitative estimate of drug-likeness (QED) is 0.686. The highest BCUT2D eigenvalue weighted by Gasteiger charge is 2.11. The lowest BCUT2D eigenvalue weighted by Gasteiger charge is -2.03. The summed E-state index contributed by atoms with van der Waals surface area (Å²) < 4.78 is 0. The third-order valence-corrected chi connectivity index (χ3v) is 2.36. The fourth-order valence-corrected chi connectivity index (χ4v) is 1.84. The molecule has 0 radical (unpaired) electrons. The van der Waals surface area contributed by atoms with Crippen molar-refractivity contribution in [2.75, 3.05) is 0 Å². The molecule has 0 amide bonds. The predicted octanol–water partition coefficient (Wildman–Crippen LogP) is 2.53. The smallest absolute Gasteiger partial charge is 0.0785 e.